The van der Waals surface area contributed by atoms with Gasteiger partial charge in [0.25, 0.3) is 0 Å². The van der Waals surface area contributed by atoms with E-state index in [1.807, 2.05) is 0 Å². The molecule has 0 aromatic rings. The number of carbonyl (C=O) groups excluding carboxylic acids is 3. The van der Waals surface area contributed by atoms with Crippen LogP contribution in [-0.2, 0) is 19.1 Å². The van der Waals surface area contributed by atoms with Crippen molar-refractivity contribution in [3.8, 4) is 0 Å². The van der Waals surface area contributed by atoms with E-state index in [4.69, 9.17) is 4.74 Å². The lowest BCUT2D eigenvalue weighted by atomic mass is 10.0. The van der Waals surface area contributed by atoms with Gasteiger partial charge in [-0.25, -0.2) is 0 Å². The molecule has 68 valence electrons. The first kappa shape index (κ1) is 8.12. The molecular formula is C8H7NO4. The summed E-state index contributed by atoms with van der Waals surface area (Å²) in [7, 11) is 0. The number of hydrogen-bond acceptors (Lipinski definition) is 4. The highest BCUT2D eigenvalue weighted by Crippen LogP contribution is 2.30. The van der Waals surface area contributed by atoms with Crippen molar-refractivity contribution in [2.24, 2.45) is 0 Å². The van der Waals surface area contributed by atoms with Gasteiger partial charge in [-0.15, -0.1) is 0 Å². The summed E-state index contributed by atoms with van der Waals surface area (Å²) < 4.78 is 4.81. The molecule has 0 aromatic heterocycles. The zero-order valence-electron chi connectivity index (χ0n) is 6.87. The van der Waals surface area contributed by atoms with E-state index in [1.165, 1.54) is 6.92 Å². The molecule has 1 heterocycles. The Hall–Kier alpha value is -1.49. The topological polar surface area (TPSA) is 75.8 Å². The van der Waals surface area contributed by atoms with E-state index in [-0.39, 0.29) is 23.2 Å². The maximum Gasteiger partial charge on any atom is 0.221 e. The Kier molecular flexibility index (Phi) is 1.56. The molecule has 0 bridgehead atoms. The SMILES string of the molecule is CC(=O)NC1=CC(=O)[C@@H]2O[C@@H]2C1=O. The van der Waals surface area contributed by atoms with Crippen LogP contribution in [0.1, 0.15) is 6.92 Å². The standard InChI is InChI=1S/C8H7NO4/c1-3(10)9-4-2-5(11)7-8(13-7)6(4)12/h2,7-8H,1H3,(H,9,10)/t7-,8+/m0/s1. The van der Waals surface area contributed by atoms with Gasteiger partial charge in [-0.05, 0) is 0 Å². The predicted molar refractivity (Wildman–Crippen MR) is 40.6 cm³/mol. The molecule has 2 rings (SSSR count). The molecule has 1 N–H and O–H groups in total. The first-order valence-electron chi connectivity index (χ1n) is 3.82. The molecule has 13 heavy (non-hydrogen) atoms. The summed E-state index contributed by atoms with van der Waals surface area (Å²) in [5.41, 5.74) is 0.0382. The quantitative estimate of drug-likeness (QED) is 0.522. The fourth-order valence-electron chi connectivity index (χ4n) is 1.26. The summed E-state index contributed by atoms with van der Waals surface area (Å²) in [6, 6.07) is 0. The number of nitrogens with one attached hydrogen (secondary N) is 1. The largest absolute Gasteiger partial charge is 0.352 e. The van der Waals surface area contributed by atoms with Crippen molar-refractivity contribution in [1.82, 2.24) is 5.32 Å². The molecule has 1 aliphatic heterocycles. The lowest BCUT2D eigenvalue weighted by Crippen LogP contribution is -2.33. The molecule has 0 saturated carbocycles. The summed E-state index contributed by atoms with van der Waals surface area (Å²) >= 11 is 0. The second kappa shape index (κ2) is 2.50. The third-order valence-electron chi connectivity index (χ3n) is 1.89. The molecule has 2 aliphatic rings. The van der Waals surface area contributed by atoms with E-state index in [0.29, 0.717) is 0 Å². The van der Waals surface area contributed by atoms with Crippen molar-refractivity contribution < 1.29 is 19.1 Å². The van der Waals surface area contributed by atoms with Crippen molar-refractivity contribution in [2.75, 3.05) is 0 Å². The Morgan fingerprint density at radius 1 is 1.46 bits per heavy atom. The number of amides is 1. The Morgan fingerprint density at radius 3 is 2.77 bits per heavy atom. The molecule has 0 radical (unpaired) electrons. The van der Waals surface area contributed by atoms with Gasteiger partial charge >= 0.3 is 0 Å². The van der Waals surface area contributed by atoms with Crippen molar-refractivity contribution >= 4 is 17.5 Å². The molecular weight excluding hydrogens is 174 g/mol. The number of ether oxygens (including phenoxy) is 1. The molecule has 0 aromatic carbocycles. The fourth-order valence-corrected chi connectivity index (χ4v) is 1.26. The lowest BCUT2D eigenvalue weighted by Gasteiger charge is -2.07. The number of hydrogen-bond donors (Lipinski definition) is 1. The van der Waals surface area contributed by atoms with E-state index in [2.05, 4.69) is 5.32 Å². The number of fused-ring (bicyclic) bond motifs is 1. The van der Waals surface area contributed by atoms with Crippen LogP contribution in [0.25, 0.3) is 0 Å². The van der Waals surface area contributed by atoms with Crippen LogP contribution in [0.15, 0.2) is 11.8 Å². The Morgan fingerprint density at radius 2 is 2.15 bits per heavy atom. The minimum Gasteiger partial charge on any atom is -0.352 e. The first-order chi connectivity index (χ1) is 6.09. The van der Waals surface area contributed by atoms with Crippen LogP contribution in [-0.4, -0.2) is 29.7 Å². The van der Waals surface area contributed by atoms with Gasteiger partial charge in [-0.3, -0.25) is 14.4 Å². The predicted octanol–water partition coefficient (Wildman–Crippen LogP) is -1.07. The van der Waals surface area contributed by atoms with Gasteiger partial charge in [-0.1, -0.05) is 0 Å². The van der Waals surface area contributed by atoms with Gasteiger partial charge in [0.15, 0.2) is 18.0 Å². The zero-order valence-corrected chi connectivity index (χ0v) is 6.87. The molecule has 2 atom stereocenters. The fraction of sp³-hybridized carbons (Fsp3) is 0.375. The van der Waals surface area contributed by atoms with Crippen molar-refractivity contribution in [3.63, 3.8) is 0 Å². The highest BCUT2D eigenvalue weighted by atomic mass is 16.6. The van der Waals surface area contributed by atoms with Crippen molar-refractivity contribution in [3.05, 3.63) is 11.8 Å². The Labute approximate surface area is 73.7 Å². The number of rotatable bonds is 1. The molecule has 0 unspecified atom stereocenters. The molecule has 1 aliphatic carbocycles. The molecule has 1 amide bonds. The van der Waals surface area contributed by atoms with E-state index < -0.39 is 12.2 Å². The van der Waals surface area contributed by atoms with Crippen LogP contribution < -0.4 is 5.32 Å². The van der Waals surface area contributed by atoms with Gasteiger partial charge < -0.3 is 10.1 Å². The second-order valence-corrected chi connectivity index (χ2v) is 2.98. The van der Waals surface area contributed by atoms with Crippen LogP contribution in [0, 0.1) is 0 Å². The van der Waals surface area contributed by atoms with E-state index >= 15 is 0 Å². The second-order valence-electron chi connectivity index (χ2n) is 2.98. The number of Topliss-reactive ketones (excluding diaryl/α,β-unsaturated/α-hetero) is 1. The average molecular weight is 181 g/mol. The van der Waals surface area contributed by atoms with Gasteiger partial charge in [0.2, 0.25) is 11.7 Å². The van der Waals surface area contributed by atoms with Crippen LogP contribution >= 0.6 is 0 Å². The van der Waals surface area contributed by atoms with Crippen molar-refractivity contribution in [1.29, 1.82) is 0 Å². The number of carbonyl (C=O) groups is 3. The van der Waals surface area contributed by atoms with Gasteiger partial charge in [0, 0.05) is 13.0 Å². The number of epoxide rings is 1. The summed E-state index contributed by atoms with van der Waals surface area (Å²) in [4.78, 5) is 33.0. The lowest BCUT2D eigenvalue weighted by molar-refractivity contribution is -0.122. The van der Waals surface area contributed by atoms with E-state index in [1.54, 1.807) is 0 Å². The highest BCUT2D eigenvalue weighted by molar-refractivity contribution is 6.16. The summed E-state index contributed by atoms with van der Waals surface area (Å²) in [6.07, 6.45) is -0.123. The number of ketones is 2. The summed E-state index contributed by atoms with van der Waals surface area (Å²) in [5.74, 6) is -0.945. The minimum absolute atomic E-state index is 0.0382. The monoisotopic (exact) mass is 181 g/mol. The first-order valence-corrected chi connectivity index (χ1v) is 3.82. The van der Waals surface area contributed by atoms with E-state index in [9.17, 15) is 14.4 Å². The molecule has 5 nitrogen and oxygen atoms in total. The zero-order chi connectivity index (χ0) is 9.59. The smallest absolute Gasteiger partial charge is 0.221 e. The third-order valence-corrected chi connectivity index (χ3v) is 1.89. The van der Waals surface area contributed by atoms with Gasteiger partial charge in [0.05, 0.1) is 5.70 Å². The molecule has 1 fully saturated rings. The van der Waals surface area contributed by atoms with Crippen LogP contribution in [0.4, 0.5) is 0 Å². The van der Waals surface area contributed by atoms with Crippen LogP contribution in [0.2, 0.25) is 0 Å². The molecule has 0 spiro atoms. The Balaban J connectivity index is 2.22. The van der Waals surface area contributed by atoms with Gasteiger partial charge in [0.1, 0.15) is 0 Å². The third kappa shape index (κ3) is 1.27. The summed E-state index contributed by atoms with van der Waals surface area (Å²) in [6.45, 7) is 1.28. The van der Waals surface area contributed by atoms with Crippen LogP contribution in [0.3, 0.4) is 0 Å². The van der Waals surface area contributed by atoms with E-state index in [0.717, 1.165) is 6.08 Å². The highest BCUT2D eigenvalue weighted by Gasteiger charge is 2.53. The summed E-state index contributed by atoms with van der Waals surface area (Å²) in [5, 5.41) is 2.29. The maximum atomic E-state index is 11.3. The molecule has 1 saturated heterocycles. The van der Waals surface area contributed by atoms with Crippen molar-refractivity contribution in [2.45, 2.75) is 19.1 Å². The van der Waals surface area contributed by atoms with Gasteiger partial charge in [-0.2, -0.15) is 0 Å². The Bertz CT molecular complexity index is 344. The maximum absolute atomic E-state index is 11.3. The average Bonchev–Trinajstić information content (AvgIpc) is 2.77. The minimum atomic E-state index is -0.653. The molecule has 5 heteroatoms. The normalized spacial score (nSPS) is 30.7. The van der Waals surface area contributed by atoms with Crippen LogP contribution in [0.5, 0.6) is 0 Å².